The van der Waals surface area contributed by atoms with E-state index in [1.807, 2.05) is 37.3 Å². The number of alkyl halides is 2. The molecule has 1 fully saturated rings. The summed E-state index contributed by atoms with van der Waals surface area (Å²) in [7, 11) is 0. The molecule has 29 heavy (non-hydrogen) atoms. The van der Waals surface area contributed by atoms with E-state index in [2.05, 4.69) is 10.3 Å². The Morgan fingerprint density at radius 1 is 1.34 bits per heavy atom. The van der Waals surface area contributed by atoms with Gasteiger partial charge in [0.05, 0.1) is 19.2 Å². The molecule has 2 aromatic rings. The molecule has 0 unspecified atom stereocenters. The summed E-state index contributed by atoms with van der Waals surface area (Å²) in [5.74, 6) is -4.42. The first kappa shape index (κ1) is 20.4. The zero-order valence-corrected chi connectivity index (χ0v) is 15.8. The zero-order chi connectivity index (χ0) is 21.0. The Kier molecular flexibility index (Phi) is 5.87. The largest absolute Gasteiger partial charge is 0.343 e. The van der Waals surface area contributed by atoms with Gasteiger partial charge >= 0.3 is 0 Å². The zero-order valence-electron chi connectivity index (χ0n) is 15.8. The third-order valence-electron chi connectivity index (χ3n) is 5.00. The maximum atomic E-state index is 13.5. The van der Waals surface area contributed by atoms with Crippen LogP contribution in [-0.4, -0.2) is 46.8 Å². The molecule has 1 aromatic heterocycles. The number of nitrogens with zero attached hydrogens (tertiary/aromatic N) is 3. The van der Waals surface area contributed by atoms with E-state index in [1.165, 1.54) is 6.20 Å². The molecule has 0 radical (unpaired) electrons. The van der Waals surface area contributed by atoms with E-state index in [-0.39, 0.29) is 5.92 Å². The predicted octanol–water partition coefficient (Wildman–Crippen LogP) is 2.72. The van der Waals surface area contributed by atoms with Gasteiger partial charge in [-0.1, -0.05) is 37.3 Å². The molecule has 3 rings (SSSR count). The van der Waals surface area contributed by atoms with Gasteiger partial charge in [0.25, 0.3) is 11.8 Å². The maximum Gasteiger partial charge on any atom is 0.268 e. The number of rotatable bonds is 5. The number of halogens is 2. The highest BCUT2D eigenvalue weighted by Gasteiger charge is 2.47. The van der Waals surface area contributed by atoms with E-state index in [0.717, 1.165) is 10.5 Å². The number of carbonyl (C=O) groups excluding carboxylic acids is 2. The monoisotopic (exact) mass is 398 g/mol. The van der Waals surface area contributed by atoms with Gasteiger partial charge in [-0.2, -0.15) is 5.26 Å². The van der Waals surface area contributed by atoms with E-state index in [9.17, 15) is 18.4 Å². The molecule has 0 saturated carbocycles. The van der Waals surface area contributed by atoms with Gasteiger partial charge in [-0.05, 0) is 17.2 Å². The van der Waals surface area contributed by atoms with Gasteiger partial charge in [0.2, 0.25) is 5.91 Å². The van der Waals surface area contributed by atoms with Crippen LogP contribution in [-0.2, 0) is 4.79 Å². The number of likely N-dealkylation sites (tertiary alicyclic amines) is 1. The molecular formula is C21H20F2N4O2. The predicted molar refractivity (Wildman–Crippen MR) is 101 cm³/mol. The summed E-state index contributed by atoms with van der Waals surface area (Å²) < 4.78 is 27.0. The first-order chi connectivity index (χ1) is 13.8. The minimum atomic E-state index is -3.09. The summed E-state index contributed by atoms with van der Waals surface area (Å²) in [4.78, 5) is 29.9. The molecular weight excluding hydrogens is 378 g/mol. The molecule has 150 valence electrons. The van der Waals surface area contributed by atoms with Crippen LogP contribution in [0.5, 0.6) is 0 Å². The Hall–Kier alpha value is -3.34. The second kappa shape index (κ2) is 8.35. The lowest BCUT2D eigenvalue weighted by Gasteiger charge is -2.20. The van der Waals surface area contributed by atoms with Gasteiger partial charge in [0.15, 0.2) is 0 Å². The van der Waals surface area contributed by atoms with Gasteiger partial charge in [-0.15, -0.1) is 0 Å². The average molecular weight is 398 g/mol. The summed E-state index contributed by atoms with van der Waals surface area (Å²) in [5.41, 5.74) is 2.04. The Morgan fingerprint density at radius 2 is 2.07 bits per heavy atom. The van der Waals surface area contributed by atoms with Crippen molar-refractivity contribution >= 4 is 11.8 Å². The Balaban J connectivity index is 1.71. The first-order valence-electron chi connectivity index (χ1n) is 9.16. The van der Waals surface area contributed by atoms with Crippen molar-refractivity contribution in [1.29, 1.82) is 5.26 Å². The van der Waals surface area contributed by atoms with E-state index < -0.39 is 43.3 Å². The van der Waals surface area contributed by atoms with Gasteiger partial charge < -0.3 is 10.2 Å². The molecule has 0 aliphatic carbocycles. The van der Waals surface area contributed by atoms with Crippen LogP contribution >= 0.6 is 0 Å². The number of carbonyl (C=O) groups is 2. The third kappa shape index (κ3) is 4.57. The second-order valence-electron chi connectivity index (χ2n) is 7.00. The summed E-state index contributed by atoms with van der Waals surface area (Å²) in [6, 6.07) is 11.7. The van der Waals surface area contributed by atoms with E-state index in [1.54, 1.807) is 18.3 Å². The number of hydrogen-bond acceptors (Lipinski definition) is 4. The van der Waals surface area contributed by atoms with Gasteiger partial charge in [-0.25, -0.2) is 8.78 Å². The smallest absolute Gasteiger partial charge is 0.268 e. The number of nitriles is 1. The Labute approximate surface area is 167 Å². The van der Waals surface area contributed by atoms with Crippen LogP contribution in [0.4, 0.5) is 8.78 Å². The van der Waals surface area contributed by atoms with E-state index in [0.29, 0.717) is 11.1 Å². The van der Waals surface area contributed by atoms with Crippen molar-refractivity contribution in [1.82, 2.24) is 15.2 Å². The SMILES string of the molecule is C[C@H](c1ccccc1)c1cnccc1C(=O)NCC(=O)N1CC(F)(F)C[C@H]1C#N. The molecule has 1 aromatic carbocycles. The summed E-state index contributed by atoms with van der Waals surface area (Å²) in [5, 5.41) is 11.5. The normalized spacial score (nSPS) is 18.7. The van der Waals surface area contributed by atoms with Crippen molar-refractivity contribution in [3.05, 3.63) is 65.5 Å². The summed E-state index contributed by atoms with van der Waals surface area (Å²) in [6.07, 6.45) is 2.39. The van der Waals surface area contributed by atoms with Gasteiger partial charge in [0.1, 0.15) is 6.04 Å². The van der Waals surface area contributed by atoms with Crippen molar-refractivity contribution in [3.8, 4) is 6.07 Å². The number of aromatic nitrogens is 1. The molecule has 2 atom stereocenters. The lowest BCUT2D eigenvalue weighted by Crippen LogP contribution is -2.43. The standard InChI is InChI=1S/C21H20F2N4O2/c1-14(15-5-3-2-4-6-15)18-11-25-8-7-17(18)20(29)26-12-19(28)27-13-21(22,23)9-16(27)10-24/h2-8,11,14,16H,9,12-13H2,1H3,(H,26,29)/t14-,16+/m1/s1. The molecule has 2 amide bonds. The van der Waals surface area contributed by atoms with Crippen molar-refractivity contribution < 1.29 is 18.4 Å². The van der Waals surface area contributed by atoms with Crippen molar-refractivity contribution in [2.75, 3.05) is 13.1 Å². The topological polar surface area (TPSA) is 86.1 Å². The minimum absolute atomic E-state index is 0.110. The third-order valence-corrected chi connectivity index (χ3v) is 5.00. The fourth-order valence-electron chi connectivity index (χ4n) is 3.43. The highest BCUT2D eigenvalue weighted by Crippen LogP contribution is 2.31. The Morgan fingerprint density at radius 3 is 2.76 bits per heavy atom. The highest BCUT2D eigenvalue weighted by molar-refractivity contribution is 5.98. The van der Waals surface area contributed by atoms with Crippen molar-refractivity contribution in [2.45, 2.75) is 31.2 Å². The van der Waals surface area contributed by atoms with Crippen LogP contribution in [0, 0.1) is 11.3 Å². The lowest BCUT2D eigenvalue weighted by atomic mass is 9.91. The number of hydrogen-bond donors (Lipinski definition) is 1. The van der Waals surface area contributed by atoms with Crippen molar-refractivity contribution in [3.63, 3.8) is 0 Å². The van der Waals surface area contributed by atoms with Crippen LogP contribution in [0.1, 0.15) is 40.7 Å². The lowest BCUT2D eigenvalue weighted by molar-refractivity contribution is -0.131. The number of amides is 2. The highest BCUT2D eigenvalue weighted by atomic mass is 19.3. The van der Waals surface area contributed by atoms with Crippen molar-refractivity contribution in [2.24, 2.45) is 0 Å². The molecule has 1 saturated heterocycles. The molecule has 1 aliphatic rings. The van der Waals surface area contributed by atoms with E-state index >= 15 is 0 Å². The summed E-state index contributed by atoms with van der Waals surface area (Å²) in [6.45, 7) is 0.665. The van der Waals surface area contributed by atoms with Crippen LogP contribution in [0.15, 0.2) is 48.8 Å². The minimum Gasteiger partial charge on any atom is -0.343 e. The second-order valence-corrected chi connectivity index (χ2v) is 7.00. The van der Waals surface area contributed by atoms with Crippen LogP contribution in [0.25, 0.3) is 0 Å². The quantitative estimate of drug-likeness (QED) is 0.839. The van der Waals surface area contributed by atoms with E-state index in [4.69, 9.17) is 5.26 Å². The molecule has 6 nitrogen and oxygen atoms in total. The van der Waals surface area contributed by atoms with Crippen LogP contribution in [0.3, 0.4) is 0 Å². The molecule has 2 heterocycles. The number of nitrogens with one attached hydrogen (secondary N) is 1. The fourth-order valence-corrected chi connectivity index (χ4v) is 3.43. The Bertz CT molecular complexity index is 943. The molecule has 0 spiro atoms. The molecule has 1 N–H and O–H groups in total. The number of benzene rings is 1. The summed E-state index contributed by atoms with van der Waals surface area (Å²) >= 11 is 0. The van der Waals surface area contributed by atoms with Gasteiger partial charge in [-0.3, -0.25) is 14.6 Å². The number of pyridine rings is 1. The molecule has 1 aliphatic heterocycles. The first-order valence-corrected chi connectivity index (χ1v) is 9.16. The molecule has 8 heteroatoms. The van der Waals surface area contributed by atoms with Crippen LogP contribution < -0.4 is 5.32 Å². The average Bonchev–Trinajstić information content (AvgIpc) is 3.06. The molecule has 0 bridgehead atoms. The maximum absolute atomic E-state index is 13.5. The fraction of sp³-hybridized carbons (Fsp3) is 0.333. The van der Waals surface area contributed by atoms with Crippen LogP contribution in [0.2, 0.25) is 0 Å². The van der Waals surface area contributed by atoms with Gasteiger partial charge in [0, 0.05) is 30.3 Å².